The van der Waals surface area contributed by atoms with E-state index in [1.54, 1.807) is 0 Å². The molecule has 5 fully saturated rings. The van der Waals surface area contributed by atoms with Gasteiger partial charge < -0.3 is 28.4 Å². The van der Waals surface area contributed by atoms with Gasteiger partial charge in [-0.05, 0) is 12.8 Å². The number of Topliss-reactive ketones (excluding diaryl/α,β-unsaturated/α-hetero) is 2. The maximum absolute atomic E-state index is 11.9. The Hall–Kier alpha value is -0.900. The Balaban J connectivity index is 1.43. The summed E-state index contributed by atoms with van der Waals surface area (Å²) in [5.74, 6) is -1.02. The van der Waals surface area contributed by atoms with E-state index in [4.69, 9.17) is 28.4 Å². The first-order chi connectivity index (χ1) is 15.5. The molecule has 8 nitrogen and oxygen atoms in total. The molecule has 2 spiro atoms. The number of rotatable bonds is 6. The fraction of sp³-hybridized carbons (Fsp3) is 0.917. The third-order valence-electron chi connectivity index (χ3n) is 7.51. The van der Waals surface area contributed by atoms with Crippen molar-refractivity contribution in [2.45, 2.75) is 126 Å². The molecule has 0 unspecified atom stereocenters. The van der Waals surface area contributed by atoms with Crippen LogP contribution in [0.2, 0.25) is 0 Å². The highest BCUT2D eigenvalue weighted by molar-refractivity contribution is 5.79. The molecule has 0 aromatic heterocycles. The molecular formula is C24H36O8. The lowest BCUT2D eigenvalue weighted by molar-refractivity contribution is -0.226. The molecule has 0 radical (unpaired) electrons. The third kappa shape index (κ3) is 4.07. The lowest BCUT2D eigenvalue weighted by atomic mass is 9.84. The van der Waals surface area contributed by atoms with Gasteiger partial charge >= 0.3 is 0 Å². The lowest BCUT2D eigenvalue weighted by Gasteiger charge is -2.42. The lowest BCUT2D eigenvalue weighted by Crippen LogP contribution is -2.63. The van der Waals surface area contributed by atoms with Gasteiger partial charge in [-0.15, -0.1) is 0 Å². The number of ketones is 2. The van der Waals surface area contributed by atoms with E-state index in [-0.39, 0.29) is 48.2 Å². The monoisotopic (exact) mass is 452 g/mol. The first-order valence-electron chi connectivity index (χ1n) is 12.5. The summed E-state index contributed by atoms with van der Waals surface area (Å²) in [4.78, 5) is 23.7. The smallest absolute Gasteiger partial charge is 0.170 e. The van der Waals surface area contributed by atoms with Gasteiger partial charge in [-0.1, -0.05) is 13.8 Å². The Kier molecular flexibility index (Phi) is 6.46. The highest BCUT2D eigenvalue weighted by atomic mass is 16.8. The zero-order valence-corrected chi connectivity index (χ0v) is 19.2. The van der Waals surface area contributed by atoms with Gasteiger partial charge in [-0.2, -0.15) is 0 Å². The molecule has 0 aromatic carbocycles. The SMILES string of the molecule is CCCOC1[C@H]2OC3(CCC(=O)CC3)O[C@H]2C(OCCC)[C@@H]2OC3(CCC(=O)CC3)O[C@H]12. The van der Waals surface area contributed by atoms with E-state index in [9.17, 15) is 9.59 Å². The van der Waals surface area contributed by atoms with Crippen molar-refractivity contribution in [2.24, 2.45) is 0 Å². The standard InChI is InChI=1S/C24H36O8/c1-3-13-27-17-19-21(31-23(29-19)9-5-15(25)6-10-23)18(28-14-4-2)22-20(17)30-24(32-22)11-7-16(26)8-12-24/h17-22H,3-14H2,1-2H3/t17?,18?,19-,20-,21+,22+. The highest BCUT2D eigenvalue weighted by Crippen LogP contribution is 2.51. The minimum Gasteiger partial charge on any atom is -0.373 e. The summed E-state index contributed by atoms with van der Waals surface area (Å²) >= 11 is 0. The largest absolute Gasteiger partial charge is 0.373 e. The molecule has 3 saturated carbocycles. The van der Waals surface area contributed by atoms with E-state index in [2.05, 4.69) is 13.8 Å². The number of carbonyl (C=O) groups is 2. The normalized spacial score (nSPS) is 40.1. The number of hydrogen-bond acceptors (Lipinski definition) is 8. The number of carbonyl (C=O) groups excluding carboxylic acids is 2. The van der Waals surface area contributed by atoms with E-state index in [0.29, 0.717) is 64.6 Å². The van der Waals surface area contributed by atoms with E-state index in [1.165, 1.54) is 0 Å². The number of ether oxygens (including phenoxy) is 6. The fourth-order valence-electron chi connectivity index (χ4n) is 5.88. The van der Waals surface area contributed by atoms with Crippen molar-refractivity contribution in [3.05, 3.63) is 0 Å². The second-order valence-electron chi connectivity index (χ2n) is 9.90. The van der Waals surface area contributed by atoms with Crippen LogP contribution < -0.4 is 0 Å². The molecule has 0 amide bonds. The van der Waals surface area contributed by atoms with Crippen molar-refractivity contribution in [1.82, 2.24) is 0 Å². The molecule has 180 valence electrons. The van der Waals surface area contributed by atoms with E-state index < -0.39 is 11.6 Å². The van der Waals surface area contributed by atoms with Crippen LogP contribution >= 0.6 is 0 Å². The van der Waals surface area contributed by atoms with Crippen LogP contribution in [0.4, 0.5) is 0 Å². The average Bonchev–Trinajstić information content (AvgIpc) is 3.34. The van der Waals surface area contributed by atoms with E-state index in [1.807, 2.05) is 0 Å². The molecule has 0 N–H and O–H groups in total. The molecule has 32 heavy (non-hydrogen) atoms. The molecule has 3 aliphatic carbocycles. The van der Waals surface area contributed by atoms with Crippen molar-refractivity contribution in [3.63, 3.8) is 0 Å². The van der Waals surface area contributed by atoms with Gasteiger partial charge in [-0.3, -0.25) is 9.59 Å². The van der Waals surface area contributed by atoms with Crippen LogP contribution in [-0.4, -0.2) is 73.0 Å². The zero-order valence-electron chi connectivity index (χ0n) is 19.2. The summed E-state index contributed by atoms with van der Waals surface area (Å²) in [5, 5.41) is 0. The average molecular weight is 453 g/mol. The maximum Gasteiger partial charge on any atom is 0.170 e. The molecule has 8 heteroatoms. The predicted molar refractivity (Wildman–Crippen MR) is 112 cm³/mol. The quantitative estimate of drug-likeness (QED) is 0.608. The number of fused-ring (bicyclic) bond motifs is 2. The van der Waals surface area contributed by atoms with Gasteiger partial charge in [0.2, 0.25) is 0 Å². The second-order valence-corrected chi connectivity index (χ2v) is 9.90. The number of hydrogen-bond donors (Lipinski definition) is 0. The minimum absolute atomic E-state index is 0.257. The van der Waals surface area contributed by atoms with Gasteiger partial charge in [0.1, 0.15) is 48.2 Å². The Morgan fingerprint density at radius 1 is 0.656 bits per heavy atom. The van der Waals surface area contributed by atoms with Crippen LogP contribution in [0.15, 0.2) is 0 Å². The minimum atomic E-state index is -0.765. The molecular weight excluding hydrogens is 416 g/mol. The zero-order chi connectivity index (χ0) is 22.3. The molecule has 0 bridgehead atoms. The molecule has 0 aromatic rings. The molecule has 2 heterocycles. The van der Waals surface area contributed by atoms with Gasteiger partial charge in [0.15, 0.2) is 11.6 Å². The van der Waals surface area contributed by atoms with Crippen molar-refractivity contribution >= 4 is 11.6 Å². The molecule has 5 aliphatic rings. The highest BCUT2D eigenvalue weighted by Gasteiger charge is 2.67. The first-order valence-corrected chi connectivity index (χ1v) is 12.5. The van der Waals surface area contributed by atoms with Gasteiger partial charge in [0.05, 0.1) is 0 Å². The van der Waals surface area contributed by atoms with Gasteiger partial charge in [0, 0.05) is 64.6 Å². The van der Waals surface area contributed by atoms with E-state index >= 15 is 0 Å². The van der Waals surface area contributed by atoms with Crippen LogP contribution in [0.25, 0.3) is 0 Å². The Labute approximate surface area is 189 Å². The van der Waals surface area contributed by atoms with Crippen LogP contribution in [0, 0.1) is 0 Å². The summed E-state index contributed by atoms with van der Waals surface area (Å²) in [7, 11) is 0. The first kappa shape index (κ1) is 22.9. The van der Waals surface area contributed by atoms with Crippen molar-refractivity contribution < 1.29 is 38.0 Å². The summed E-state index contributed by atoms with van der Waals surface area (Å²) < 4.78 is 39.0. The molecule has 5 rings (SSSR count). The fourth-order valence-corrected chi connectivity index (χ4v) is 5.88. The van der Waals surface area contributed by atoms with Crippen molar-refractivity contribution in [3.8, 4) is 0 Å². The third-order valence-corrected chi connectivity index (χ3v) is 7.51. The van der Waals surface area contributed by atoms with Crippen LogP contribution in [0.5, 0.6) is 0 Å². The molecule has 2 aliphatic heterocycles. The summed E-state index contributed by atoms with van der Waals surface area (Å²) in [6.07, 6.45) is 3.79. The van der Waals surface area contributed by atoms with Gasteiger partial charge in [0.25, 0.3) is 0 Å². The van der Waals surface area contributed by atoms with E-state index in [0.717, 1.165) is 12.8 Å². The molecule has 4 atom stereocenters. The predicted octanol–water partition coefficient (Wildman–Crippen LogP) is 2.84. The van der Waals surface area contributed by atoms with Crippen LogP contribution in [0.1, 0.15) is 78.1 Å². The van der Waals surface area contributed by atoms with Crippen LogP contribution in [-0.2, 0) is 38.0 Å². The summed E-state index contributed by atoms with van der Waals surface area (Å²) in [5.41, 5.74) is 0. The topological polar surface area (TPSA) is 89.5 Å². The van der Waals surface area contributed by atoms with Crippen LogP contribution in [0.3, 0.4) is 0 Å². The Morgan fingerprint density at radius 2 is 0.969 bits per heavy atom. The summed E-state index contributed by atoms with van der Waals surface area (Å²) in [6.45, 7) is 5.32. The maximum atomic E-state index is 11.9. The van der Waals surface area contributed by atoms with Gasteiger partial charge in [-0.25, -0.2) is 0 Å². The Bertz CT molecular complexity index is 615. The molecule has 2 saturated heterocycles. The Morgan fingerprint density at radius 3 is 1.25 bits per heavy atom. The second kappa shape index (κ2) is 9.04. The van der Waals surface area contributed by atoms with Crippen molar-refractivity contribution in [1.29, 1.82) is 0 Å². The summed E-state index contributed by atoms with van der Waals surface area (Å²) in [6, 6.07) is 0. The van der Waals surface area contributed by atoms with Crippen molar-refractivity contribution in [2.75, 3.05) is 13.2 Å².